The van der Waals surface area contributed by atoms with E-state index >= 15 is 0 Å². The maximum Gasteiger partial charge on any atom is 0.282 e. The summed E-state index contributed by atoms with van der Waals surface area (Å²) in [6.07, 6.45) is 4.18. The molecule has 7 heteroatoms. The summed E-state index contributed by atoms with van der Waals surface area (Å²) in [6.45, 7) is 3.30. The zero-order chi connectivity index (χ0) is 19.2. The van der Waals surface area contributed by atoms with Crippen LogP contribution in [0, 0.1) is 10.1 Å². The Bertz CT molecular complexity index is 847. The molecule has 1 fully saturated rings. The topological polar surface area (TPSA) is 66.7 Å². The molecule has 3 rings (SSSR count). The number of carbonyl (C=O) groups is 1. The maximum absolute atomic E-state index is 12.7. The van der Waals surface area contributed by atoms with Crippen molar-refractivity contribution in [2.75, 3.05) is 32.7 Å². The highest BCUT2D eigenvalue weighted by molar-refractivity contribution is 6.31. The van der Waals surface area contributed by atoms with Gasteiger partial charge in [0.2, 0.25) is 0 Å². The molecule has 2 aromatic rings. The van der Waals surface area contributed by atoms with Crippen LogP contribution in [0.5, 0.6) is 0 Å². The van der Waals surface area contributed by atoms with Gasteiger partial charge in [-0.3, -0.25) is 19.8 Å². The zero-order valence-electron chi connectivity index (χ0n) is 14.8. The lowest BCUT2D eigenvalue weighted by molar-refractivity contribution is -0.385. The second kappa shape index (κ2) is 8.79. The van der Waals surface area contributed by atoms with Crippen molar-refractivity contribution in [1.82, 2.24) is 9.80 Å². The predicted molar refractivity (Wildman–Crippen MR) is 106 cm³/mol. The fourth-order valence-corrected chi connectivity index (χ4v) is 3.22. The Hall–Kier alpha value is -2.70. The molecule has 1 amide bonds. The minimum absolute atomic E-state index is 0.0462. The number of nitro groups is 1. The highest BCUT2D eigenvalue weighted by Gasteiger charge is 2.27. The van der Waals surface area contributed by atoms with Crippen molar-refractivity contribution in [3.8, 4) is 0 Å². The van der Waals surface area contributed by atoms with Crippen LogP contribution in [0.1, 0.15) is 15.9 Å². The second-order valence-electron chi connectivity index (χ2n) is 6.32. The number of hydrogen-bond donors (Lipinski definition) is 0. The lowest BCUT2D eigenvalue weighted by Crippen LogP contribution is -2.48. The molecule has 27 heavy (non-hydrogen) atoms. The van der Waals surface area contributed by atoms with Gasteiger partial charge in [0.15, 0.2) is 0 Å². The van der Waals surface area contributed by atoms with Crippen molar-refractivity contribution in [2.24, 2.45) is 0 Å². The number of rotatable bonds is 5. The Kier molecular flexibility index (Phi) is 6.21. The van der Waals surface area contributed by atoms with E-state index in [-0.39, 0.29) is 17.2 Å². The molecule has 0 aromatic heterocycles. The Morgan fingerprint density at radius 2 is 1.81 bits per heavy atom. The van der Waals surface area contributed by atoms with Crippen LogP contribution in [0.15, 0.2) is 54.6 Å². The maximum atomic E-state index is 12.7. The molecule has 0 atom stereocenters. The summed E-state index contributed by atoms with van der Waals surface area (Å²) >= 11 is 5.93. The minimum atomic E-state index is -0.547. The first-order chi connectivity index (χ1) is 13.0. The van der Waals surface area contributed by atoms with Crippen molar-refractivity contribution in [2.45, 2.75) is 0 Å². The van der Waals surface area contributed by atoms with Crippen LogP contribution in [-0.2, 0) is 0 Å². The fourth-order valence-electron chi connectivity index (χ4n) is 3.04. The van der Waals surface area contributed by atoms with E-state index < -0.39 is 4.92 Å². The zero-order valence-corrected chi connectivity index (χ0v) is 15.5. The molecule has 0 N–H and O–H groups in total. The molecule has 1 heterocycles. The monoisotopic (exact) mass is 385 g/mol. The van der Waals surface area contributed by atoms with Gasteiger partial charge in [-0.15, -0.1) is 0 Å². The number of halogens is 1. The highest BCUT2D eigenvalue weighted by atomic mass is 35.5. The summed E-state index contributed by atoms with van der Waals surface area (Å²) in [5, 5.41) is 11.5. The van der Waals surface area contributed by atoms with Crippen LogP contribution in [-0.4, -0.2) is 53.4 Å². The standard InChI is InChI=1S/C20H20ClN3O3/c21-17-8-9-19(24(26)27)18(15-17)20(25)23-13-11-22(12-14-23)10-4-7-16-5-2-1-3-6-16/h1-9,15H,10-14H2. The third-order valence-corrected chi connectivity index (χ3v) is 4.75. The Balaban J connectivity index is 1.58. The molecular formula is C20H20ClN3O3. The van der Waals surface area contributed by atoms with E-state index in [1.807, 2.05) is 30.3 Å². The number of hydrogen-bond acceptors (Lipinski definition) is 4. The molecule has 0 radical (unpaired) electrons. The van der Waals surface area contributed by atoms with Crippen LogP contribution >= 0.6 is 11.6 Å². The number of carbonyl (C=O) groups excluding carboxylic acids is 1. The largest absolute Gasteiger partial charge is 0.336 e. The van der Waals surface area contributed by atoms with Gasteiger partial charge in [0, 0.05) is 43.8 Å². The highest BCUT2D eigenvalue weighted by Crippen LogP contribution is 2.24. The SMILES string of the molecule is O=C(c1cc(Cl)ccc1[N+](=O)[O-])N1CCN(CC=Cc2ccccc2)CC1. The molecule has 1 aliphatic rings. The molecule has 2 aromatic carbocycles. The number of benzene rings is 2. The van der Waals surface area contributed by atoms with Gasteiger partial charge in [-0.05, 0) is 17.7 Å². The molecule has 0 spiro atoms. The lowest BCUT2D eigenvalue weighted by Gasteiger charge is -2.34. The quantitative estimate of drug-likeness (QED) is 0.581. The van der Waals surface area contributed by atoms with Gasteiger partial charge >= 0.3 is 0 Å². The lowest BCUT2D eigenvalue weighted by atomic mass is 10.1. The van der Waals surface area contributed by atoms with Gasteiger partial charge in [-0.2, -0.15) is 0 Å². The van der Waals surface area contributed by atoms with Crippen molar-refractivity contribution >= 4 is 29.3 Å². The van der Waals surface area contributed by atoms with Gasteiger partial charge < -0.3 is 4.90 Å². The molecule has 0 bridgehead atoms. The number of amides is 1. The van der Waals surface area contributed by atoms with Crippen molar-refractivity contribution in [3.63, 3.8) is 0 Å². The smallest absolute Gasteiger partial charge is 0.282 e. The number of nitrogens with zero attached hydrogens (tertiary/aromatic N) is 3. The van der Waals surface area contributed by atoms with E-state index in [2.05, 4.69) is 17.1 Å². The van der Waals surface area contributed by atoms with E-state index in [9.17, 15) is 14.9 Å². The first kappa shape index (κ1) is 19.1. The summed E-state index contributed by atoms with van der Waals surface area (Å²) in [6, 6.07) is 14.1. The summed E-state index contributed by atoms with van der Waals surface area (Å²) < 4.78 is 0. The third-order valence-electron chi connectivity index (χ3n) is 4.52. The molecular weight excluding hydrogens is 366 g/mol. The summed E-state index contributed by atoms with van der Waals surface area (Å²) in [5.41, 5.74) is 0.988. The van der Waals surface area contributed by atoms with Crippen LogP contribution in [0.25, 0.3) is 6.08 Å². The van der Waals surface area contributed by atoms with Gasteiger partial charge in [-0.25, -0.2) is 0 Å². The van der Waals surface area contributed by atoms with Crippen LogP contribution < -0.4 is 0 Å². The predicted octanol–water partition coefficient (Wildman–Crippen LogP) is 3.72. The van der Waals surface area contributed by atoms with Gasteiger partial charge in [0.1, 0.15) is 5.56 Å². The van der Waals surface area contributed by atoms with Crippen molar-refractivity contribution in [1.29, 1.82) is 0 Å². The Labute approximate surface area is 162 Å². The van der Waals surface area contributed by atoms with Crippen molar-refractivity contribution < 1.29 is 9.72 Å². The average Bonchev–Trinajstić information content (AvgIpc) is 2.68. The minimum Gasteiger partial charge on any atom is -0.336 e. The molecule has 1 saturated heterocycles. The van der Waals surface area contributed by atoms with E-state index in [0.29, 0.717) is 18.1 Å². The molecule has 6 nitrogen and oxygen atoms in total. The Morgan fingerprint density at radius 1 is 1.11 bits per heavy atom. The van der Waals surface area contributed by atoms with E-state index in [1.54, 1.807) is 4.90 Å². The van der Waals surface area contributed by atoms with E-state index in [0.717, 1.165) is 25.2 Å². The molecule has 0 unspecified atom stereocenters. The fraction of sp³-hybridized carbons (Fsp3) is 0.250. The average molecular weight is 386 g/mol. The summed E-state index contributed by atoms with van der Waals surface area (Å²) in [5.74, 6) is -0.344. The van der Waals surface area contributed by atoms with Crippen LogP contribution in [0.2, 0.25) is 5.02 Å². The van der Waals surface area contributed by atoms with Crippen LogP contribution in [0.4, 0.5) is 5.69 Å². The van der Waals surface area contributed by atoms with Gasteiger partial charge in [0.05, 0.1) is 4.92 Å². The Morgan fingerprint density at radius 3 is 2.48 bits per heavy atom. The molecule has 140 valence electrons. The number of piperazine rings is 1. The van der Waals surface area contributed by atoms with Gasteiger partial charge in [-0.1, -0.05) is 54.1 Å². The normalized spacial score (nSPS) is 15.2. The van der Waals surface area contributed by atoms with E-state index in [1.165, 1.54) is 18.2 Å². The molecule has 0 saturated carbocycles. The number of nitro benzene ring substituents is 1. The summed E-state index contributed by atoms with van der Waals surface area (Å²) in [7, 11) is 0. The molecule has 0 aliphatic carbocycles. The van der Waals surface area contributed by atoms with E-state index in [4.69, 9.17) is 11.6 Å². The summed E-state index contributed by atoms with van der Waals surface area (Å²) in [4.78, 5) is 27.2. The van der Waals surface area contributed by atoms with Crippen molar-refractivity contribution in [3.05, 3.63) is 80.9 Å². The first-order valence-corrected chi connectivity index (χ1v) is 9.09. The molecule has 1 aliphatic heterocycles. The van der Waals surface area contributed by atoms with Crippen LogP contribution in [0.3, 0.4) is 0 Å². The first-order valence-electron chi connectivity index (χ1n) is 8.72. The van der Waals surface area contributed by atoms with Gasteiger partial charge in [0.25, 0.3) is 11.6 Å². The second-order valence-corrected chi connectivity index (χ2v) is 6.76. The third kappa shape index (κ3) is 4.93.